The number of hydrogen-bond acceptors (Lipinski definition) is 4. The first-order chi connectivity index (χ1) is 23.3. The maximum absolute atomic E-state index is 6.25. The van der Waals surface area contributed by atoms with Crippen LogP contribution in [0.2, 0.25) is 0 Å². The fourth-order valence-electron chi connectivity index (χ4n) is 7.09. The normalized spacial score (nSPS) is 11.8. The molecule has 0 fully saturated rings. The van der Waals surface area contributed by atoms with Gasteiger partial charge in [0.2, 0.25) is 0 Å². The lowest BCUT2D eigenvalue weighted by atomic mass is 9.95. The third kappa shape index (κ3) is 4.05. The van der Waals surface area contributed by atoms with Crippen molar-refractivity contribution in [3.63, 3.8) is 0 Å². The molecule has 0 N–H and O–H groups in total. The molecule has 8 aromatic carbocycles. The van der Waals surface area contributed by atoms with E-state index < -0.39 is 0 Å². The van der Waals surface area contributed by atoms with Gasteiger partial charge in [0, 0.05) is 27.5 Å². The van der Waals surface area contributed by atoms with E-state index >= 15 is 0 Å². The van der Waals surface area contributed by atoms with Crippen LogP contribution in [0.25, 0.3) is 99.2 Å². The van der Waals surface area contributed by atoms with E-state index in [1.54, 1.807) is 0 Å². The van der Waals surface area contributed by atoms with Gasteiger partial charge in [-0.05, 0) is 61.3 Å². The first-order valence-electron chi connectivity index (χ1n) is 15.8. The Morgan fingerprint density at radius 2 is 0.915 bits per heavy atom. The molecule has 0 aliphatic heterocycles. The maximum atomic E-state index is 6.25. The smallest absolute Gasteiger partial charge is 0.164 e. The van der Waals surface area contributed by atoms with Crippen molar-refractivity contribution in [2.45, 2.75) is 0 Å². The molecule has 2 heterocycles. The molecule has 4 heteroatoms. The van der Waals surface area contributed by atoms with Crippen molar-refractivity contribution < 1.29 is 4.42 Å². The summed E-state index contributed by atoms with van der Waals surface area (Å²) < 4.78 is 6.25. The molecule has 2 aromatic heterocycles. The molecular weight excluding hydrogens is 574 g/mol. The van der Waals surface area contributed by atoms with E-state index in [1.807, 2.05) is 30.3 Å². The first-order valence-corrected chi connectivity index (χ1v) is 15.8. The summed E-state index contributed by atoms with van der Waals surface area (Å²) in [4.78, 5) is 15.5. The second kappa shape index (κ2) is 10.1. The lowest BCUT2D eigenvalue weighted by Crippen LogP contribution is -2.01. The Morgan fingerprint density at radius 1 is 0.340 bits per heavy atom. The summed E-state index contributed by atoms with van der Waals surface area (Å²) >= 11 is 0. The van der Waals surface area contributed by atoms with E-state index in [0.717, 1.165) is 49.4 Å². The summed E-state index contributed by atoms with van der Waals surface area (Å²) in [6.07, 6.45) is 0. The van der Waals surface area contributed by atoms with Crippen molar-refractivity contribution in [2.75, 3.05) is 0 Å². The number of hydrogen-bond donors (Lipinski definition) is 0. The van der Waals surface area contributed by atoms with Crippen molar-refractivity contribution in [3.8, 4) is 34.2 Å². The average Bonchev–Trinajstić information content (AvgIpc) is 3.53. The minimum Gasteiger partial charge on any atom is -0.456 e. The van der Waals surface area contributed by atoms with Gasteiger partial charge in [-0.15, -0.1) is 0 Å². The third-order valence-electron chi connectivity index (χ3n) is 9.31. The molecule has 218 valence electrons. The number of nitrogens with zero attached hydrogens (tertiary/aromatic N) is 3. The van der Waals surface area contributed by atoms with Gasteiger partial charge in [0.1, 0.15) is 11.2 Å². The van der Waals surface area contributed by atoms with Crippen LogP contribution in [-0.2, 0) is 0 Å². The second-order valence-corrected chi connectivity index (χ2v) is 12.0. The Morgan fingerprint density at radius 3 is 1.83 bits per heavy atom. The average molecular weight is 600 g/mol. The molecule has 0 bridgehead atoms. The van der Waals surface area contributed by atoms with Crippen LogP contribution < -0.4 is 0 Å². The number of aromatic nitrogens is 3. The van der Waals surface area contributed by atoms with Gasteiger partial charge < -0.3 is 4.42 Å². The van der Waals surface area contributed by atoms with E-state index in [0.29, 0.717) is 17.5 Å². The molecule has 0 aliphatic carbocycles. The molecule has 4 nitrogen and oxygen atoms in total. The van der Waals surface area contributed by atoms with Crippen LogP contribution in [0, 0.1) is 0 Å². The molecule has 0 unspecified atom stereocenters. The lowest BCUT2D eigenvalue weighted by molar-refractivity contribution is 0.669. The molecule has 0 spiro atoms. The monoisotopic (exact) mass is 599 g/mol. The molecule has 10 aromatic rings. The molecule has 47 heavy (non-hydrogen) atoms. The minimum absolute atomic E-state index is 0.610. The van der Waals surface area contributed by atoms with Crippen LogP contribution in [0.15, 0.2) is 156 Å². The summed E-state index contributed by atoms with van der Waals surface area (Å²) in [6, 6.07) is 52.8. The lowest BCUT2D eigenvalue weighted by Gasteiger charge is -2.13. The van der Waals surface area contributed by atoms with Crippen molar-refractivity contribution in [1.29, 1.82) is 0 Å². The summed E-state index contributed by atoms with van der Waals surface area (Å²) in [6.45, 7) is 0. The summed E-state index contributed by atoms with van der Waals surface area (Å²) in [7, 11) is 0. The second-order valence-electron chi connectivity index (χ2n) is 12.0. The van der Waals surface area contributed by atoms with Crippen molar-refractivity contribution in [1.82, 2.24) is 15.0 Å². The minimum atomic E-state index is 0.610. The van der Waals surface area contributed by atoms with Gasteiger partial charge >= 0.3 is 0 Å². The Kier molecular flexibility index (Phi) is 5.54. The van der Waals surface area contributed by atoms with E-state index in [9.17, 15) is 0 Å². The molecule has 0 atom stereocenters. The Balaban J connectivity index is 1.26. The quantitative estimate of drug-likeness (QED) is 0.190. The third-order valence-corrected chi connectivity index (χ3v) is 9.31. The van der Waals surface area contributed by atoms with Gasteiger partial charge in [-0.3, -0.25) is 0 Å². The van der Waals surface area contributed by atoms with E-state index in [2.05, 4.69) is 121 Å². The largest absolute Gasteiger partial charge is 0.456 e. The SMILES string of the molecule is c1ccc2cc(-c3nc(-c4cccc5c4ccc4c6ccccc6ccc54)nc(-c4cccc5oc6ccccc6c45)n3)ccc2c1. The van der Waals surface area contributed by atoms with Crippen LogP contribution >= 0.6 is 0 Å². The van der Waals surface area contributed by atoms with Crippen molar-refractivity contribution in [3.05, 3.63) is 152 Å². The molecule has 0 amide bonds. The fraction of sp³-hybridized carbons (Fsp3) is 0. The first kappa shape index (κ1) is 25.9. The van der Waals surface area contributed by atoms with Crippen LogP contribution in [0.4, 0.5) is 0 Å². The highest BCUT2D eigenvalue weighted by Gasteiger charge is 2.19. The zero-order valence-corrected chi connectivity index (χ0v) is 25.2. The topological polar surface area (TPSA) is 51.8 Å². The Labute approximate surface area is 269 Å². The van der Waals surface area contributed by atoms with Gasteiger partial charge in [0.05, 0.1) is 0 Å². The van der Waals surface area contributed by atoms with Crippen molar-refractivity contribution in [2.24, 2.45) is 0 Å². The number of rotatable bonds is 3. The van der Waals surface area contributed by atoms with Crippen LogP contribution in [0.5, 0.6) is 0 Å². The van der Waals surface area contributed by atoms with E-state index in [1.165, 1.54) is 32.3 Å². The highest BCUT2D eigenvalue weighted by atomic mass is 16.3. The Hall–Kier alpha value is -6.39. The molecule has 0 radical (unpaired) electrons. The van der Waals surface area contributed by atoms with E-state index in [4.69, 9.17) is 19.4 Å². The highest BCUT2D eigenvalue weighted by molar-refractivity contribution is 6.19. The molecule has 0 saturated heterocycles. The number of furan rings is 1. The number of fused-ring (bicyclic) bond motifs is 9. The highest BCUT2D eigenvalue weighted by Crippen LogP contribution is 2.39. The molecular formula is C43H25N3O. The van der Waals surface area contributed by atoms with Gasteiger partial charge in [0.25, 0.3) is 0 Å². The van der Waals surface area contributed by atoms with Gasteiger partial charge in [-0.1, -0.05) is 133 Å². The van der Waals surface area contributed by atoms with Gasteiger partial charge in [0.15, 0.2) is 17.5 Å². The molecule has 10 rings (SSSR count). The molecule has 0 saturated carbocycles. The zero-order valence-electron chi connectivity index (χ0n) is 25.2. The van der Waals surface area contributed by atoms with Gasteiger partial charge in [-0.2, -0.15) is 0 Å². The van der Waals surface area contributed by atoms with E-state index in [-0.39, 0.29) is 0 Å². The Bertz CT molecular complexity index is 2870. The zero-order chi connectivity index (χ0) is 30.9. The summed E-state index contributed by atoms with van der Waals surface area (Å²) in [5, 5.41) is 11.6. The predicted molar refractivity (Wildman–Crippen MR) is 193 cm³/mol. The van der Waals surface area contributed by atoms with Crippen LogP contribution in [-0.4, -0.2) is 15.0 Å². The predicted octanol–water partition coefficient (Wildman–Crippen LogP) is 11.4. The maximum Gasteiger partial charge on any atom is 0.164 e. The number of benzene rings is 8. The molecule has 0 aliphatic rings. The van der Waals surface area contributed by atoms with Crippen LogP contribution in [0.1, 0.15) is 0 Å². The van der Waals surface area contributed by atoms with Gasteiger partial charge in [-0.25, -0.2) is 15.0 Å². The standard InChI is InChI=1S/C43H25N3O/c1-2-11-28-25-29(20-19-26(28)9-1)41-44-42(46-43(45-41)37-16-8-18-39-40(37)36-13-5-6-17-38(36)47-39)35-15-7-14-31-33-22-21-27-10-3-4-12-30(27)32(33)23-24-34(31)35/h1-25H. The van der Waals surface area contributed by atoms with Crippen molar-refractivity contribution >= 4 is 65.0 Å². The fourth-order valence-corrected chi connectivity index (χ4v) is 7.09. The summed E-state index contributed by atoms with van der Waals surface area (Å²) in [5.41, 5.74) is 4.46. The number of para-hydroxylation sites is 1. The summed E-state index contributed by atoms with van der Waals surface area (Å²) in [5.74, 6) is 1.87. The van der Waals surface area contributed by atoms with Crippen LogP contribution in [0.3, 0.4) is 0 Å².